The number of imidazole rings is 1. The Morgan fingerprint density at radius 2 is 2.36 bits per heavy atom. The maximum atomic E-state index is 5.69. The smallest absolute Gasteiger partial charge is 0.0945 e. The molecule has 0 spiro atoms. The molecule has 0 radical (unpaired) electrons. The van der Waals surface area contributed by atoms with Crippen molar-refractivity contribution < 1.29 is 0 Å². The predicted octanol–water partition coefficient (Wildman–Crippen LogP) is 0.656. The van der Waals surface area contributed by atoms with E-state index in [2.05, 4.69) is 4.98 Å². The average Bonchev–Trinajstić information content (AvgIpc) is 2.42. The molecule has 1 aliphatic carbocycles. The zero-order valence-corrected chi connectivity index (χ0v) is 7.21. The van der Waals surface area contributed by atoms with Gasteiger partial charge in [-0.2, -0.15) is 0 Å². The van der Waals surface area contributed by atoms with Gasteiger partial charge in [0.1, 0.15) is 0 Å². The van der Waals surface area contributed by atoms with Crippen LogP contribution in [-0.2, 0) is 7.05 Å². The second-order valence-corrected chi connectivity index (χ2v) is 2.94. The van der Waals surface area contributed by atoms with Crippen LogP contribution in [0.2, 0.25) is 0 Å². The van der Waals surface area contributed by atoms with Crippen molar-refractivity contribution in [2.45, 2.75) is 18.4 Å². The zero-order valence-electron chi connectivity index (χ0n) is 6.40. The van der Waals surface area contributed by atoms with E-state index in [1.165, 1.54) is 5.69 Å². The summed E-state index contributed by atoms with van der Waals surface area (Å²) < 4.78 is 2.04. The van der Waals surface area contributed by atoms with Gasteiger partial charge >= 0.3 is 0 Å². The van der Waals surface area contributed by atoms with Gasteiger partial charge in [0.25, 0.3) is 0 Å². The van der Waals surface area contributed by atoms with Gasteiger partial charge in [-0.1, -0.05) is 0 Å². The number of aromatic nitrogens is 2. The molecule has 1 aliphatic rings. The first-order valence-electron chi connectivity index (χ1n) is 3.51. The summed E-state index contributed by atoms with van der Waals surface area (Å²) in [5, 5.41) is 0. The van der Waals surface area contributed by atoms with Gasteiger partial charge in [0.05, 0.1) is 6.33 Å². The Kier molecular flexibility index (Phi) is 2.20. The van der Waals surface area contributed by atoms with Crippen LogP contribution in [0.3, 0.4) is 0 Å². The fraction of sp³-hybridized carbons (Fsp3) is 0.571. The highest BCUT2D eigenvalue weighted by atomic mass is 35.5. The number of rotatable bonds is 1. The molecule has 1 aromatic rings. The van der Waals surface area contributed by atoms with Crippen molar-refractivity contribution in [3.05, 3.63) is 18.2 Å². The van der Waals surface area contributed by atoms with Crippen molar-refractivity contribution in [1.29, 1.82) is 0 Å². The lowest BCUT2D eigenvalue weighted by atomic mass is 10.3. The van der Waals surface area contributed by atoms with Crippen LogP contribution < -0.4 is 5.73 Å². The summed E-state index contributed by atoms with van der Waals surface area (Å²) in [6, 6.07) is 0.385. The highest BCUT2D eigenvalue weighted by Crippen LogP contribution is 2.38. The van der Waals surface area contributed by atoms with Crippen LogP contribution in [0, 0.1) is 0 Å². The molecule has 0 amide bonds. The van der Waals surface area contributed by atoms with Crippen molar-refractivity contribution in [1.82, 2.24) is 9.55 Å². The molecule has 1 heterocycles. The highest BCUT2D eigenvalue weighted by Gasteiger charge is 2.36. The second kappa shape index (κ2) is 2.83. The van der Waals surface area contributed by atoms with Gasteiger partial charge in [-0.15, -0.1) is 12.4 Å². The predicted molar refractivity (Wildman–Crippen MR) is 45.8 cm³/mol. The Hall–Kier alpha value is -0.540. The van der Waals surface area contributed by atoms with Gasteiger partial charge in [0.2, 0.25) is 0 Å². The molecule has 1 fully saturated rings. The first-order chi connectivity index (χ1) is 4.79. The molecule has 0 bridgehead atoms. The van der Waals surface area contributed by atoms with E-state index in [4.69, 9.17) is 5.73 Å². The van der Waals surface area contributed by atoms with Crippen LogP contribution in [0.4, 0.5) is 0 Å². The molecule has 2 N–H and O–H groups in total. The molecule has 62 valence electrons. The minimum atomic E-state index is 0. The lowest BCUT2D eigenvalue weighted by molar-refractivity contribution is 0.810. The molecule has 0 aliphatic heterocycles. The molecule has 1 aromatic heterocycles. The van der Waals surface area contributed by atoms with E-state index in [1.54, 1.807) is 0 Å². The van der Waals surface area contributed by atoms with E-state index in [0.29, 0.717) is 12.0 Å². The van der Waals surface area contributed by atoms with E-state index >= 15 is 0 Å². The standard InChI is InChI=1S/C7H11N3.ClH/c1-10-4-9-3-7(10)5-2-6(5)8;/h3-6H,2,8H2,1H3;1H. The molecule has 0 saturated heterocycles. The summed E-state index contributed by atoms with van der Waals surface area (Å²) in [4.78, 5) is 4.02. The van der Waals surface area contributed by atoms with Gasteiger partial charge in [-0.05, 0) is 6.42 Å². The van der Waals surface area contributed by atoms with E-state index in [-0.39, 0.29) is 12.4 Å². The molecule has 0 aromatic carbocycles. The molecule has 4 heteroatoms. The summed E-state index contributed by atoms with van der Waals surface area (Å²) in [6.07, 6.45) is 4.84. The van der Waals surface area contributed by atoms with Gasteiger partial charge in [-0.3, -0.25) is 0 Å². The lowest BCUT2D eigenvalue weighted by Crippen LogP contribution is -2.03. The van der Waals surface area contributed by atoms with Crippen molar-refractivity contribution in [2.24, 2.45) is 12.8 Å². The Morgan fingerprint density at radius 1 is 1.73 bits per heavy atom. The monoisotopic (exact) mass is 173 g/mol. The molecular formula is C7H12ClN3. The lowest BCUT2D eigenvalue weighted by Gasteiger charge is -1.96. The topological polar surface area (TPSA) is 43.8 Å². The van der Waals surface area contributed by atoms with Crippen LogP contribution in [-0.4, -0.2) is 15.6 Å². The van der Waals surface area contributed by atoms with Crippen LogP contribution in [0.5, 0.6) is 0 Å². The van der Waals surface area contributed by atoms with E-state index < -0.39 is 0 Å². The molecule has 3 nitrogen and oxygen atoms in total. The summed E-state index contributed by atoms with van der Waals surface area (Å²) in [7, 11) is 2.01. The van der Waals surface area contributed by atoms with Crippen LogP contribution >= 0.6 is 12.4 Å². The van der Waals surface area contributed by atoms with E-state index in [0.717, 1.165) is 6.42 Å². The van der Waals surface area contributed by atoms with Gasteiger partial charge in [0.15, 0.2) is 0 Å². The molecule has 2 rings (SSSR count). The highest BCUT2D eigenvalue weighted by molar-refractivity contribution is 5.85. The zero-order chi connectivity index (χ0) is 7.14. The molecule has 1 saturated carbocycles. The second-order valence-electron chi connectivity index (χ2n) is 2.94. The average molecular weight is 174 g/mol. The number of nitrogens with zero attached hydrogens (tertiary/aromatic N) is 2. The first-order valence-corrected chi connectivity index (χ1v) is 3.51. The Bertz CT molecular complexity index is 246. The van der Waals surface area contributed by atoms with Gasteiger partial charge < -0.3 is 10.3 Å². The number of hydrogen-bond donors (Lipinski definition) is 1. The minimum Gasteiger partial charge on any atom is -0.337 e. The fourth-order valence-electron chi connectivity index (χ4n) is 1.28. The maximum Gasteiger partial charge on any atom is 0.0945 e. The molecule has 2 atom stereocenters. The van der Waals surface area contributed by atoms with Crippen molar-refractivity contribution in [3.8, 4) is 0 Å². The van der Waals surface area contributed by atoms with E-state index in [1.807, 2.05) is 24.1 Å². The summed E-state index contributed by atoms with van der Waals surface area (Å²) >= 11 is 0. The fourth-order valence-corrected chi connectivity index (χ4v) is 1.28. The number of halogens is 1. The normalized spacial score (nSPS) is 27.8. The van der Waals surface area contributed by atoms with Crippen LogP contribution in [0.1, 0.15) is 18.0 Å². The van der Waals surface area contributed by atoms with Gasteiger partial charge in [-0.25, -0.2) is 4.98 Å². The summed E-state index contributed by atoms with van der Waals surface area (Å²) in [5.41, 5.74) is 6.96. The van der Waals surface area contributed by atoms with Crippen molar-refractivity contribution in [3.63, 3.8) is 0 Å². The quantitative estimate of drug-likeness (QED) is 0.678. The molecule has 11 heavy (non-hydrogen) atoms. The third-order valence-electron chi connectivity index (χ3n) is 2.07. The Morgan fingerprint density at radius 3 is 2.73 bits per heavy atom. The Labute approximate surface area is 72.0 Å². The van der Waals surface area contributed by atoms with Crippen LogP contribution in [0.15, 0.2) is 12.5 Å². The van der Waals surface area contributed by atoms with Crippen molar-refractivity contribution >= 4 is 12.4 Å². The van der Waals surface area contributed by atoms with Crippen LogP contribution in [0.25, 0.3) is 0 Å². The third-order valence-corrected chi connectivity index (χ3v) is 2.07. The first kappa shape index (κ1) is 8.56. The third kappa shape index (κ3) is 1.39. The Balaban J connectivity index is 0.000000605. The SMILES string of the molecule is Cl.Cn1cncc1C1CC1N. The minimum absolute atomic E-state index is 0. The maximum absolute atomic E-state index is 5.69. The number of hydrogen-bond acceptors (Lipinski definition) is 2. The van der Waals surface area contributed by atoms with Gasteiger partial charge in [0, 0.05) is 30.9 Å². The summed E-state index contributed by atoms with van der Waals surface area (Å²) in [5.74, 6) is 0.576. The van der Waals surface area contributed by atoms with Crippen molar-refractivity contribution in [2.75, 3.05) is 0 Å². The molecule has 2 unspecified atom stereocenters. The number of nitrogens with two attached hydrogens (primary N) is 1. The summed E-state index contributed by atoms with van der Waals surface area (Å²) in [6.45, 7) is 0. The largest absolute Gasteiger partial charge is 0.337 e. The van der Waals surface area contributed by atoms with E-state index in [9.17, 15) is 0 Å². The number of aryl methyl sites for hydroxylation is 1. The molecular weight excluding hydrogens is 162 g/mol.